The molecule has 2 rings (SSSR count). The molecule has 0 aromatic carbocycles. The van der Waals surface area contributed by atoms with Gasteiger partial charge >= 0.3 is 0 Å². The summed E-state index contributed by atoms with van der Waals surface area (Å²) in [6, 6.07) is 4.32. The Morgan fingerprint density at radius 3 is 2.60 bits per heavy atom. The Bertz CT molecular complexity index is 389. The first kappa shape index (κ1) is 16.0. The summed E-state index contributed by atoms with van der Waals surface area (Å²) in [6.45, 7) is 8.90. The van der Waals surface area contributed by atoms with E-state index in [4.69, 9.17) is 5.73 Å². The van der Waals surface area contributed by atoms with Crippen molar-refractivity contribution in [1.82, 2.24) is 5.32 Å². The highest BCUT2D eigenvalue weighted by molar-refractivity contribution is 7.09. The summed E-state index contributed by atoms with van der Waals surface area (Å²) in [5.74, 6) is 0.857. The van der Waals surface area contributed by atoms with Crippen LogP contribution in [0.3, 0.4) is 0 Å². The third kappa shape index (κ3) is 3.63. The zero-order valence-corrected chi connectivity index (χ0v) is 14.1. The summed E-state index contributed by atoms with van der Waals surface area (Å²) < 4.78 is 0. The Balaban J connectivity index is 1.91. The Labute approximate surface area is 128 Å². The molecule has 1 fully saturated rings. The van der Waals surface area contributed by atoms with Gasteiger partial charge in [-0.1, -0.05) is 33.3 Å². The fourth-order valence-corrected chi connectivity index (χ4v) is 4.03. The molecule has 2 nitrogen and oxygen atoms in total. The summed E-state index contributed by atoms with van der Waals surface area (Å²) in [4.78, 5) is 1.41. The zero-order valence-electron chi connectivity index (χ0n) is 13.2. The number of nitrogens with one attached hydrogen (secondary N) is 1. The van der Waals surface area contributed by atoms with E-state index < -0.39 is 0 Å². The average Bonchev–Trinajstić information content (AvgIpc) is 2.99. The van der Waals surface area contributed by atoms with Crippen LogP contribution in [0, 0.1) is 11.3 Å². The lowest BCUT2D eigenvalue weighted by molar-refractivity contribution is 0.101. The van der Waals surface area contributed by atoms with Crippen LogP contribution < -0.4 is 11.1 Å². The van der Waals surface area contributed by atoms with Gasteiger partial charge in [0.1, 0.15) is 0 Å². The molecule has 1 aliphatic carbocycles. The molecule has 0 bridgehead atoms. The Morgan fingerprint density at radius 1 is 1.40 bits per heavy atom. The van der Waals surface area contributed by atoms with Gasteiger partial charge in [0.25, 0.3) is 0 Å². The van der Waals surface area contributed by atoms with Crippen LogP contribution in [0.15, 0.2) is 17.5 Å². The van der Waals surface area contributed by atoms with E-state index in [2.05, 4.69) is 43.6 Å². The summed E-state index contributed by atoms with van der Waals surface area (Å²) >= 11 is 1.83. The van der Waals surface area contributed by atoms with E-state index in [-0.39, 0.29) is 5.54 Å². The van der Waals surface area contributed by atoms with Crippen molar-refractivity contribution >= 4 is 11.3 Å². The predicted molar refractivity (Wildman–Crippen MR) is 89.0 cm³/mol. The van der Waals surface area contributed by atoms with Crippen molar-refractivity contribution in [3.05, 3.63) is 22.4 Å². The molecule has 114 valence electrons. The minimum atomic E-state index is 0.171. The number of rotatable bonds is 6. The molecule has 0 amide bonds. The van der Waals surface area contributed by atoms with Gasteiger partial charge in [-0.15, -0.1) is 11.3 Å². The van der Waals surface area contributed by atoms with Crippen LogP contribution in [-0.2, 0) is 6.54 Å². The number of thiophene rings is 1. The van der Waals surface area contributed by atoms with Crippen LogP contribution in [0.25, 0.3) is 0 Å². The van der Waals surface area contributed by atoms with E-state index in [1.54, 1.807) is 0 Å². The van der Waals surface area contributed by atoms with Crippen LogP contribution >= 0.6 is 11.3 Å². The molecule has 1 heterocycles. The predicted octanol–water partition coefficient (Wildman–Crippen LogP) is 4.16. The van der Waals surface area contributed by atoms with Crippen molar-refractivity contribution in [3.63, 3.8) is 0 Å². The van der Waals surface area contributed by atoms with Gasteiger partial charge in [0.15, 0.2) is 0 Å². The molecule has 0 saturated heterocycles. The minimum absolute atomic E-state index is 0.171. The van der Waals surface area contributed by atoms with Gasteiger partial charge in [0, 0.05) is 23.5 Å². The minimum Gasteiger partial charge on any atom is -0.329 e. The lowest BCUT2D eigenvalue weighted by Crippen LogP contribution is -2.53. The van der Waals surface area contributed by atoms with Gasteiger partial charge in [-0.05, 0) is 48.5 Å². The van der Waals surface area contributed by atoms with Crippen LogP contribution in [0.2, 0.25) is 0 Å². The summed E-state index contributed by atoms with van der Waals surface area (Å²) in [6.07, 6.45) is 6.35. The molecule has 1 aliphatic rings. The van der Waals surface area contributed by atoms with Gasteiger partial charge in [0.05, 0.1) is 0 Å². The third-order valence-corrected chi connectivity index (χ3v) is 6.44. The highest BCUT2D eigenvalue weighted by Gasteiger charge is 2.38. The van der Waals surface area contributed by atoms with Crippen LogP contribution in [0.5, 0.6) is 0 Å². The number of nitrogens with two attached hydrogens (primary N) is 1. The average molecular weight is 295 g/mol. The molecule has 0 atom stereocenters. The van der Waals surface area contributed by atoms with Gasteiger partial charge in [-0.25, -0.2) is 0 Å². The first-order valence-electron chi connectivity index (χ1n) is 7.99. The first-order chi connectivity index (χ1) is 9.51. The highest BCUT2D eigenvalue weighted by Crippen LogP contribution is 2.43. The van der Waals surface area contributed by atoms with E-state index in [1.165, 1.54) is 37.0 Å². The van der Waals surface area contributed by atoms with Crippen molar-refractivity contribution in [3.8, 4) is 0 Å². The molecular weight excluding hydrogens is 264 g/mol. The van der Waals surface area contributed by atoms with E-state index >= 15 is 0 Å². The van der Waals surface area contributed by atoms with Crippen molar-refractivity contribution in [2.24, 2.45) is 17.1 Å². The Hall–Kier alpha value is -0.380. The molecule has 0 spiro atoms. The van der Waals surface area contributed by atoms with Gasteiger partial charge in [-0.2, -0.15) is 0 Å². The van der Waals surface area contributed by atoms with Crippen molar-refractivity contribution in [2.45, 2.75) is 65.0 Å². The van der Waals surface area contributed by atoms with Gasteiger partial charge in [0.2, 0.25) is 0 Å². The second-order valence-electron chi connectivity index (χ2n) is 7.03. The molecule has 1 aromatic heterocycles. The van der Waals surface area contributed by atoms with Crippen LogP contribution in [-0.4, -0.2) is 12.1 Å². The monoisotopic (exact) mass is 294 g/mol. The maximum atomic E-state index is 6.11. The lowest BCUT2D eigenvalue weighted by Gasteiger charge is -2.45. The van der Waals surface area contributed by atoms with Crippen molar-refractivity contribution in [2.75, 3.05) is 6.54 Å². The summed E-state index contributed by atoms with van der Waals surface area (Å²) in [7, 11) is 0. The molecule has 1 aromatic rings. The molecule has 0 aliphatic heterocycles. The third-order valence-electron chi connectivity index (χ3n) is 5.57. The van der Waals surface area contributed by atoms with Crippen LogP contribution in [0.4, 0.5) is 0 Å². The quantitative estimate of drug-likeness (QED) is 0.826. The van der Waals surface area contributed by atoms with E-state index in [1.807, 2.05) is 11.3 Å². The fourth-order valence-electron chi connectivity index (χ4n) is 3.38. The largest absolute Gasteiger partial charge is 0.329 e. The standard InChI is InChI=1S/C17H30N2S/c1-4-16(2,3)14-7-9-17(13-18,10-8-14)19-12-15-6-5-11-20-15/h5-6,11,14,19H,4,7-10,12-13,18H2,1-3H3. The fraction of sp³-hybridized carbons (Fsp3) is 0.765. The SMILES string of the molecule is CCC(C)(C)C1CCC(CN)(NCc2cccs2)CC1. The normalized spacial score (nSPS) is 27.7. The summed E-state index contributed by atoms with van der Waals surface area (Å²) in [5.41, 5.74) is 6.76. The highest BCUT2D eigenvalue weighted by atomic mass is 32.1. The first-order valence-corrected chi connectivity index (χ1v) is 8.87. The lowest BCUT2D eigenvalue weighted by atomic mass is 9.65. The van der Waals surface area contributed by atoms with Crippen LogP contribution in [0.1, 0.15) is 57.8 Å². The molecule has 0 unspecified atom stereocenters. The second kappa shape index (κ2) is 6.59. The van der Waals surface area contributed by atoms with E-state index in [0.29, 0.717) is 5.41 Å². The number of hydrogen-bond acceptors (Lipinski definition) is 3. The maximum Gasteiger partial charge on any atom is 0.0307 e. The van der Waals surface area contributed by atoms with Crippen molar-refractivity contribution < 1.29 is 0 Å². The Morgan fingerprint density at radius 2 is 2.10 bits per heavy atom. The smallest absolute Gasteiger partial charge is 0.0307 e. The van der Waals surface area contributed by atoms with Gasteiger partial charge < -0.3 is 11.1 Å². The molecule has 0 radical (unpaired) electrons. The van der Waals surface area contributed by atoms with Crippen molar-refractivity contribution in [1.29, 1.82) is 0 Å². The second-order valence-corrected chi connectivity index (χ2v) is 8.07. The Kier molecular flexibility index (Phi) is 5.27. The summed E-state index contributed by atoms with van der Waals surface area (Å²) in [5, 5.41) is 5.91. The zero-order chi connectivity index (χ0) is 14.6. The molecule has 20 heavy (non-hydrogen) atoms. The molecular formula is C17H30N2S. The maximum absolute atomic E-state index is 6.11. The molecule has 1 saturated carbocycles. The van der Waals surface area contributed by atoms with Gasteiger partial charge in [-0.3, -0.25) is 0 Å². The van der Waals surface area contributed by atoms with E-state index in [0.717, 1.165) is 19.0 Å². The molecule has 3 heteroatoms. The van der Waals surface area contributed by atoms with E-state index in [9.17, 15) is 0 Å². The topological polar surface area (TPSA) is 38.0 Å². The molecule has 3 N–H and O–H groups in total. The number of hydrogen-bond donors (Lipinski definition) is 2.